The van der Waals surface area contributed by atoms with E-state index in [9.17, 15) is 26.3 Å². The minimum Gasteiger partial charge on any atom is -0.493 e. The first-order valence-corrected chi connectivity index (χ1v) is 10.4. The molecule has 6 nitrogen and oxygen atoms in total. The summed E-state index contributed by atoms with van der Waals surface area (Å²) in [6, 6.07) is 9.55. The normalized spacial score (nSPS) is 12.0. The van der Waals surface area contributed by atoms with Crippen molar-refractivity contribution in [2.75, 3.05) is 12.3 Å². The highest BCUT2D eigenvalue weighted by Crippen LogP contribution is 2.39. The quantitative estimate of drug-likeness (QED) is 0.321. The number of benzene rings is 1. The molecule has 0 aliphatic heterocycles. The van der Waals surface area contributed by atoms with Crippen molar-refractivity contribution in [3.8, 4) is 39.7 Å². The zero-order valence-corrected chi connectivity index (χ0v) is 18.5. The topological polar surface area (TPSA) is 86.8 Å². The van der Waals surface area contributed by atoms with E-state index in [2.05, 4.69) is 19.9 Å². The van der Waals surface area contributed by atoms with E-state index in [4.69, 9.17) is 10.5 Å². The number of alkyl halides is 6. The van der Waals surface area contributed by atoms with Crippen molar-refractivity contribution in [1.29, 1.82) is 0 Å². The monoisotopic (exact) mass is 505 g/mol. The lowest BCUT2D eigenvalue weighted by Gasteiger charge is -2.15. The van der Waals surface area contributed by atoms with Crippen LogP contribution in [0.15, 0.2) is 60.9 Å². The summed E-state index contributed by atoms with van der Waals surface area (Å²) in [6.07, 6.45) is -6.72. The minimum absolute atomic E-state index is 0.00221. The van der Waals surface area contributed by atoms with Gasteiger partial charge in [-0.25, -0.2) is 15.0 Å². The summed E-state index contributed by atoms with van der Waals surface area (Å²) in [7, 11) is 0. The highest BCUT2D eigenvalue weighted by Gasteiger charge is 2.36. The average molecular weight is 505 g/mol. The summed E-state index contributed by atoms with van der Waals surface area (Å²) in [5.74, 6) is -0.522. The van der Waals surface area contributed by atoms with Gasteiger partial charge >= 0.3 is 12.4 Å². The number of nitrogens with two attached hydrogens (primary N) is 1. The number of anilines is 1. The van der Waals surface area contributed by atoms with Crippen molar-refractivity contribution in [2.24, 2.45) is 0 Å². The maximum absolute atomic E-state index is 13.7. The Morgan fingerprint density at radius 1 is 0.778 bits per heavy atom. The molecule has 0 saturated carbocycles. The fourth-order valence-corrected chi connectivity index (χ4v) is 3.34. The highest BCUT2D eigenvalue weighted by atomic mass is 19.4. The van der Waals surface area contributed by atoms with Crippen molar-refractivity contribution in [2.45, 2.75) is 19.3 Å². The minimum atomic E-state index is -4.84. The van der Waals surface area contributed by atoms with Crippen LogP contribution in [0.25, 0.3) is 33.9 Å². The molecule has 0 aliphatic carbocycles. The van der Waals surface area contributed by atoms with E-state index in [0.717, 1.165) is 18.2 Å². The summed E-state index contributed by atoms with van der Waals surface area (Å²) >= 11 is 0. The number of nitrogen functional groups attached to an aromatic ring is 1. The molecule has 4 aromatic rings. The molecule has 1 aromatic carbocycles. The summed E-state index contributed by atoms with van der Waals surface area (Å²) in [6.45, 7) is 1.42. The van der Waals surface area contributed by atoms with Crippen LogP contribution in [-0.2, 0) is 12.4 Å². The van der Waals surface area contributed by atoms with Gasteiger partial charge in [0.15, 0.2) is 5.82 Å². The van der Waals surface area contributed by atoms with Crippen LogP contribution in [0.5, 0.6) is 5.75 Å². The van der Waals surface area contributed by atoms with Gasteiger partial charge in [0.05, 0.1) is 23.6 Å². The van der Waals surface area contributed by atoms with Gasteiger partial charge in [0, 0.05) is 29.1 Å². The molecule has 0 atom stereocenters. The standard InChI is InChI=1S/C24H17F6N5O/c1-2-36-19-10-13(3-5-16(19)23(25,26)27)18-11-20(24(28,29)30)35-22(34-18)14-7-8-32-17(9-14)15-4-6-21(31)33-12-15/h3-12H,2H2,1H3,(H2,31,33). The molecule has 0 unspecified atom stereocenters. The second kappa shape index (κ2) is 9.44. The van der Waals surface area contributed by atoms with E-state index in [1.54, 1.807) is 12.1 Å². The Kier molecular flexibility index (Phi) is 6.53. The van der Waals surface area contributed by atoms with Crippen molar-refractivity contribution >= 4 is 5.82 Å². The molecule has 186 valence electrons. The number of hydrogen-bond donors (Lipinski definition) is 1. The molecule has 3 aromatic heterocycles. The molecule has 0 amide bonds. The van der Waals surface area contributed by atoms with Gasteiger partial charge < -0.3 is 10.5 Å². The number of hydrogen-bond acceptors (Lipinski definition) is 6. The number of rotatable bonds is 5. The van der Waals surface area contributed by atoms with Crippen LogP contribution < -0.4 is 10.5 Å². The maximum Gasteiger partial charge on any atom is 0.433 e. The Bertz CT molecular complexity index is 1390. The number of aromatic nitrogens is 4. The third-order valence-electron chi connectivity index (χ3n) is 5.00. The van der Waals surface area contributed by atoms with Crippen molar-refractivity contribution in [3.05, 3.63) is 72.2 Å². The molecule has 4 rings (SSSR count). The predicted octanol–water partition coefficient (Wildman–Crippen LogP) is 6.29. The molecule has 0 radical (unpaired) electrons. The van der Waals surface area contributed by atoms with E-state index in [0.29, 0.717) is 17.3 Å². The van der Waals surface area contributed by atoms with Crippen LogP contribution in [0.4, 0.5) is 32.2 Å². The molecule has 2 N–H and O–H groups in total. The van der Waals surface area contributed by atoms with Gasteiger partial charge in [0.2, 0.25) is 0 Å². The van der Waals surface area contributed by atoms with E-state index in [1.165, 1.54) is 31.5 Å². The summed E-state index contributed by atoms with van der Waals surface area (Å²) in [5.41, 5.74) is 4.21. The summed E-state index contributed by atoms with van der Waals surface area (Å²) in [4.78, 5) is 16.0. The molecule has 3 heterocycles. The molecule has 36 heavy (non-hydrogen) atoms. The van der Waals surface area contributed by atoms with Gasteiger partial charge in [-0.2, -0.15) is 26.3 Å². The van der Waals surface area contributed by atoms with Crippen LogP contribution in [0.1, 0.15) is 18.2 Å². The molecular formula is C24H17F6N5O. The maximum atomic E-state index is 13.7. The third-order valence-corrected chi connectivity index (χ3v) is 5.00. The first-order chi connectivity index (χ1) is 17.0. The van der Waals surface area contributed by atoms with E-state index in [1.807, 2.05) is 0 Å². The Balaban J connectivity index is 1.85. The van der Waals surface area contributed by atoms with Crippen LogP contribution in [0, 0.1) is 0 Å². The second-order valence-electron chi connectivity index (χ2n) is 7.50. The van der Waals surface area contributed by atoms with Gasteiger partial charge in [-0.3, -0.25) is 4.98 Å². The first-order valence-electron chi connectivity index (χ1n) is 10.4. The first kappa shape index (κ1) is 24.9. The molecule has 0 fully saturated rings. The lowest BCUT2D eigenvalue weighted by molar-refractivity contribution is -0.141. The largest absolute Gasteiger partial charge is 0.493 e. The van der Waals surface area contributed by atoms with Crippen LogP contribution >= 0.6 is 0 Å². The smallest absolute Gasteiger partial charge is 0.433 e. The third kappa shape index (κ3) is 5.37. The van der Waals surface area contributed by atoms with E-state index >= 15 is 0 Å². The van der Waals surface area contributed by atoms with Crippen molar-refractivity contribution in [3.63, 3.8) is 0 Å². The number of ether oxygens (including phenoxy) is 1. The zero-order chi connectivity index (χ0) is 26.1. The number of halogens is 6. The Morgan fingerprint density at radius 2 is 1.53 bits per heavy atom. The second-order valence-corrected chi connectivity index (χ2v) is 7.50. The Morgan fingerprint density at radius 3 is 2.17 bits per heavy atom. The predicted molar refractivity (Wildman–Crippen MR) is 120 cm³/mol. The van der Waals surface area contributed by atoms with E-state index < -0.39 is 29.4 Å². The van der Waals surface area contributed by atoms with Crippen LogP contribution in [-0.4, -0.2) is 26.5 Å². The van der Waals surface area contributed by atoms with E-state index in [-0.39, 0.29) is 35.1 Å². The fourth-order valence-electron chi connectivity index (χ4n) is 3.34. The lowest BCUT2D eigenvalue weighted by atomic mass is 10.1. The molecule has 0 bridgehead atoms. The Hall–Kier alpha value is -4.22. The number of nitrogens with zero attached hydrogens (tertiary/aromatic N) is 4. The molecule has 0 saturated heterocycles. The van der Waals surface area contributed by atoms with Crippen molar-refractivity contribution < 1.29 is 31.1 Å². The van der Waals surface area contributed by atoms with Gasteiger partial charge in [-0.15, -0.1) is 0 Å². The average Bonchev–Trinajstić information content (AvgIpc) is 2.83. The van der Waals surface area contributed by atoms with Crippen LogP contribution in [0.2, 0.25) is 0 Å². The molecular weight excluding hydrogens is 488 g/mol. The van der Waals surface area contributed by atoms with Gasteiger partial charge in [-0.1, -0.05) is 6.07 Å². The van der Waals surface area contributed by atoms with Gasteiger partial charge in [-0.05, 0) is 49.4 Å². The molecule has 12 heteroatoms. The van der Waals surface area contributed by atoms with Crippen LogP contribution in [0.3, 0.4) is 0 Å². The summed E-state index contributed by atoms with van der Waals surface area (Å²) < 4.78 is 86.2. The highest BCUT2D eigenvalue weighted by molar-refractivity contribution is 5.70. The SMILES string of the molecule is CCOc1cc(-c2cc(C(F)(F)F)nc(-c3ccnc(-c4ccc(N)nc4)c3)n2)ccc1C(F)(F)F. The lowest BCUT2D eigenvalue weighted by Crippen LogP contribution is -2.11. The Labute approximate surface area is 200 Å². The van der Waals surface area contributed by atoms with Crippen molar-refractivity contribution in [1.82, 2.24) is 19.9 Å². The molecule has 0 aliphatic rings. The van der Waals surface area contributed by atoms with Gasteiger partial charge in [0.25, 0.3) is 0 Å². The number of pyridine rings is 2. The van der Waals surface area contributed by atoms with Gasteiger partial charge in [0.1, 0.15) is 17.3 Å². The zero-order valence-electron chi connectivity index (χ0n) is 18.5. The summed E-state index contributed by atoms with van der Waals surface area (Å²) in [5, 5.41) is 0. The fraction of sp³-hybridized carbons (Fsp3) is 0.167. The molecule has 0 spiro atoms.